The Kier molecular flexibility index (Phi) is 5.92. The molecule has 5 rings (SSSR count). The van der Waals surface area contributed by atoms with Crippen LogP contribution in [0.2, 0.25) is 0 Å². The second kappa shape index (κ2) is 9.00. The minimum atomic E-state index is 0.224. The molecule has 3 atom stereocenters. The van der Waals surface area contributed by atoms with Gasteiger partial charge in [0, 0.05) is 35.2 Å². The molecule has 4 aromatic rings. The average Bonchev–Trinajstić information content (AvgIpc) is 3.22. The average molecular weight is 462 g/mol. The fourth-order valence-electron chi connectivity index (χ4n) is 4.23. The van der Waals surface area contributed by atoms with Crippen molar-refractivity contribution in [2.75, 3.05) is 19.5 Å². The SMILES string of the molecule is COc1cc(Oc2ccc(-c3nc(C4CCC(C)OC4)n4ccnc(N)c34)cc2)ccc1P. The molecule has 0 aliphatic carbocycles. The Balaban J connectivity index is 1.47. The van der Waals surface area contributed by atoms with Crippen LogP contribution in [0.1, 0.15) is 31.5 Å². The summed E-state index contributed by atoms with van der Waals surface area (Å²) in [5.41, 5.74) is 8.88. The quantitative estimate of drug-likeness (QED) is 0.438. The van der Waals surface area contributed by atoms with Crippen molar-refractivity contribution in [1.29, 1.82) is 0 Å². The van der Waals surface area contributed by atoms with Crippen molar-refractivity contribution in [3.63, 3.8) is 0 Å². The number of aromatic nitrogens is 3. The third-order valence-electron chi connectivity index (χ3n) is 6.05. The lowest BCUT2D eigenvalue weighted by molar-refractivity contribution is 0.0137. The van der Waals surface area contributed by atoms with Gasteiger partial charge in [0.15, 0.2) is 0 Å². The number of rotatable bonds is 5. The summed E-state index contributed by atoms with van der Waals surface area (Å²) >= 11 is 0. The number of nitrogens with two attached hydrogens (primary N) is 1. The Labute approximate surface area is 195 Å². The Morgan fingerprint density at radius 3 is 2.64 bits per heavy atom. The van der Waals surface area contributed by atoms with Crippen molar-refractivity contribution in [2.45, 2.75) is 31.8 Å². The fourth-order valence-corrected chi connectivity index (χ4v) is 4.53. The number of anilines is 1. The molecule has 0 spiro atoms. The van der Waals surface area contributed by atoms with Gasteiger partial charge in [-0.25, -0.2) is 9.97 Å². The smallest absolute Gasteiger partial charge is 0.150 e. The molecule has 2 N–H and O–H groups in total. The molecular formula is C25H27N4O3P. The normalized spacial score (nSPS) is 18.4. The summed E-state index contributed by atoms with van der Waals surface area (Å²) < 4.78 is 19.4. The Hall–Kier alpha value is -3.15. The van der Waals surface area contributed by atoms with Crippen LogP contribution in [0, 0.1) is 0 Å². The van der Waals surface area contributed by atoms with E-state index in [1.807, 2.05) is 48.7 Å². The third-order valence-corrected chi connectivity index (χ3v) is 6.52. The highest BCUT2D eigenvalue weighted by Gasteiger charge is 2.26. The van der Waals surface area contributed by atoms with Crippen LogP contribution in [0.5, 0.6) is 17.2 Å². The van der Waals surface area contributed by atoms with Crippen molar-refractivity contribution >= 4 is 25.9 Å². The molecule has 0 radical (unpaired) electrons. The predicted octanol–water partition coefficient (Wildman–Crippen LogP) is 4.56. The van der Waals surface area contributed by atoms with Crippen molar-refractivity contribution < 1.29 is 14.2 Å². The zero-order chi connectivity index (χ0) is 22.9. The highest BCUT2D eigenvalue weighted by molar-refractivity contribution is 7.27. The maximum absolute atomic E-state index is 6.29. The lowest BCUT2D eigenvalue weighted by Gasteiger charge is -2.25. The summed E-state index contributed by atoms with van der Waals surface area (Å²) in [5, 5.41) is 0.978. The molecule has 0 bridgehead atoms. The van der Waals surface area contributed by atoms with Gasteiger partial charge in [0.25, 0.3) is 0 Å². The maximum atomic E-state index is 6.29. The molecule has 1 aliphatic rings. The fraction of sp³-hybridized carbons (Fsp3) is 0.280. The van der Waals surface area contributed by atoms with Crippen LogP contribution in [0.15, 0.2) is 54.9 Å². The van der Waals surface area contributed by atoms with Gasteiger partial charge in [-0.15, -0.1) is 9.24 Å². The number of nitrogen functional groups attached to an aromatic ring is 1. The van der Waals surface area contributed by atoms with Crippen molar-refractivity contribution in [3.05, 3.63) is 60.7 Å². The van der Waals surface area contributed by atoms with E-state index in [1.54, 1.807) is 13.3 Å². The number of imidazole rings is 1. The molecule has 3 unspecified atom stereocenters. The second-order valence-electron chi connectivity index (χ2n) is 8.30. The number of ether oxygens (including phenoxy) is 3. The van der Waals surface area contributed by atoms with Crippen LogP contribution in [-0.4, -0.2) is 34.2 Å². The van der Waals surface area contributed by atoms with Gasteiger partial charge in [-0.2, -0.15) is 0 Å². The van der Waals surface area contributed by atoms with E-state index in [9.17, 15) is 0 Å². The minimum Gasteiger partial charge on any atom is -0.496 e. The van der Waals surface area contributed by atoms with E-state index in [2.05, 4.69) is 25.5 Å². The van der Waals surface area contributed by atoms with Gasteiger partial charge in [0.2, 0.25) is 0 Å². The largest absolute Gasteiger partial charge is 0.496 e. The summed E-state index contributed by atoms with van der Waals surface area (Å²) in [6, 6.07) is 13.6. The third kappa shape index (κ3) is 4.26. The van der Waals surface area contributed by atoms with Crippen molar-refractivity contribution in [3.8, 4) is 28.5 Å². The van der Waals surface area contributed by atoms with Gasteiger partial charge in [0.05, 0.1) is 19.8 Å². The molecule has 2 aromatic carbocycles. The summed E-state index contributed by atoms with van der Waals surface area (Å²) in [6.07, 6.45) is 5.99. The highest BCUT2D eigenvalue weighted by Crippen LogP contribution is 2.35. The van der Waals surface area contributed by atoms with Gasteiger partial charge in [-0.1, -0.05) is 0 Å². The van der Waals surface area contributed by atoms with E-state index in [4.69, 9.17) is 24.9 Å². The molecule has 1 fully saturated rings. The number of hydrogen-bond donors (Lipinski definition) is 1. The van der Waals surface area contributed by atoms with Crippen LogP contribution in [0.25, 0.3) is 16.8 Å². The van der Waals surface area contributed by atoms with E-state index in [0.29, 0.717) is 24.3 Å². The van der Waals surface area contributed by atoms with Crippen LogP contribution >= 0.6 is 9.24 Å². The first-order valence-corrected chi connectivity index (χ1v) is 11.6. The lowest BCUT2D eigenvalue weighted by Crippen LogP contribution is -2.23. The molecule has 3 heterocycles. The number of methoxy groups -OCH3 is 1. The van der Waals surface area contributed by atoms with Crippen LogP contribution in [0.3, 0.4) is 0 Å². The van der Waals surface area contributed by atoms with Gasteiger partial charge in [-0.05, 0) is 56.2 Å². The van der Waals surface area contributed by atoms with Crippen LogP contribution in [0.4, 0.5) is 5.82 Å². The zero-order valence-electron chi connectivity index (χ0n) is 18.7. The first-order valence-electron chi connectivity index (χ1n) is 11.0. The second-order valence-corrected chi connectivity index (χ2v) is 8.92. The number of nitrogens with zero attached hydrogens (tertiary/aromatic N) is 3. The number of hydrogen-bond acceptors (Lipinski definition) is 6. The molecule has 0 amide bonds. The maximum Gasteiger partial charge on any atom is 0.150 e. The highest BCUT2D eigenvalue weighted by atomic mass is 31.0. The predicted molar refractivity (Wildman–Crippen MR) is 133 cm³/mol. The molecule has 1 aliphatic heterocycles. The zero-order valence-corrected chi connectivity index (χ0v) is 19.8. The van der Waals surface area contributed by atoms with Crippen molar-refractivity contribution in [1.82, 2.24) is 14.4 Å². The van der Waals surface area contributed by atoms with Gasteiger partial charge < -0.3 is 19.9 Å². The Morgan fingerprint density at radius 1 is 1.12 bits per heavy atom. The molecule has 170 valence electrons. The summed E-state index contributed by atoms with van der Waals surface area (Å²) in [5.74, 6) is 3.84. The monoisotopic (exact) mass is 462 g/mol. The lowest BCUT2D eigenvalue weighted by atomic mass is 9.98. The topological polar surface area (TPSA) is 83.9 Å². The van der Waals surface area contributed by atoms with E-state index >= 15 is 0 Å². The number of benzene rings is 2. The first kappa shape index (κ1) is 21.7. The van der Waals surface area contributed by atoms with E-state index in [0.717, 1.165) is 52.2 Å². The molecule has 0 saturated carbocycles. The Bertz CT molecular complexity index is 1280. The van der Waals surface area contributed by atoms with Gasteiger partial charge in [-0.3, -0.25) is 4.40 Å². The number of fused-ring (bicyclic) bond motifs is 1. The molecule has 8 heteroatoms. The van der Waals surface area contributed by atoms with Crippen molar-refractivity contribution in [2.24, 2.45) is 0 Å². The minimum absolute atomic E-state index is 0.224. The van der Waals surface area contributed by atoms with E-state index < -0.39 is 0 Å². The Morgan fingerprint density at radius 2 is 1.91 bits per heavy atom. The summed E-state index contributed by atoms with van der Waals surface area (Å²) in [7, 11) is 4.29. The summed E-state index contributed by atoms with van der Waals surface area (Å²) in [6.45, 7) is 2.77. The van der Waals surface area contributed by atoms with E-state index in [-0.39, 0.29) is 5.92 Å². The molecule has 7 nitrogen and oxygen atoms in total. The molecule has 2 aromatic heterocycles. The molecule has 33 heavy (non-hydrogen) atoms. The van der Waals surface area contributed by atoms with Crippen LogP contribution in [-0.2, 0) is 4.74 Å². The first-order chi connectivity index (χ1) is 16.0. The molecule has 1 saturated heterocycles. The van der Waals surface area contributed by atoms with Gasteiger partial charge in [0.1, 0.15) is 40.1 Å². The van der Waals surface area contributed by atoms with E-state index in [1.165, 1.54) is 0 Å². The standard InChI is InChI=1S/C25H27N4O3P/c1-15-3-4-17(14-31-15)25-28-22(23-24(26)27-11-12-29(23)25)16-5-7-18(8-6-16)32-19-9-10-21(33)20(13-19)30-2/h5-13,15,17H,3-4,14,33H2,1-2H3,(H2,26,27). The summed E-state index contributed by atoms with van der Waals surface area (Å²) in [4.78, 5) is 9.33. The van der Waals surface area contributed by atoms with Gasteiger partial charge >= 0.3 is 0 Å². The van der Waals surface area contributed by atoms with Crippen LogP contribution < -0.4 is 20.5 Å². The molecular weight excluding hydrogens is 435 g/mol.